The summed E-state index contributed by atoms with van der Waals surface area (Å²) >= 11 is 0. The Kier molecular flexibility index (Phi) is 7.51. The molecule has 2 fully saturated rings. The highest BCUT2D eigenvalue weighted by Gasteiger charge is 2.17. The zero-order valence-corrected chi connectivity index (χ0v) is 17.3. The van der Waals surface area contributed by atoms with Gasteiger partial charge in [-0.3, -0.25) is 14.8 Å². The second kappa shape index (κ2) is 10.7. The van der Waals surface area contributed by atoms with Gasteiger partial charge < -0.3 is 9.47 Å². The lowest BCUT2D eigenvalue weighted by atomic mass is 10.1. The predicted molar refractivity (Wildman–Crippen MR) is 115 cm³/mol. The summed E-state index contributed by atoms with van der Waals surface area (Å²) in [5.74, 6) is 1.01. The molecule has 1 aliphatic carbocycles. The van der Waals surface area contributed by atoms with Crippen LogP contribution in [-0.2, 0) is 17.8 Å². The summed E-state index contributed by atoms with van der Waals surface area (Å²) in [6.07, 6.45) is 9.22. The summed E-state index contributed by atoms with van der Waals surface area (Å²) in [7, 11) is 0. The second-order valence-electron chi connectivity index (χ2n) is 8.19. The van der Waals surface area contributed by atoms with Gasteiger partial charge in [-0.2, -0.15) is 0 Å². The van der Waals surface area contributed by atoms with Gasteiger partial charge in [0.05, 0.1) is 19.3 Å². The molecule has 4 rings (SSSR count). The highest BCUT2D eigenvalue weighted by Crippen LogP contribution is 2.24. The zero-order valence-electron chi connectivity index (χ0n) is 17.3. The molecule has 0 bridgehead atoms. The Hall–Kier alpha value is -1.95. The molecule has 0 N–H and O–H groups in total. The average molecular weight is 396 g/mol. The maximum Gasteiger partial charge on any atom is 0.119 e. The summed E-state index contributed by atoms with van der Waals surface area (Å²) in [6, 6.07) is 12.9. The van der Waals surface area contributed by atoms with E-state index < -0.39 is 0 Å². The molecule has 0 atom stereocenters. The van der Waals surface area contributed by atoms with E-state index >= 15 is 0 Å². The molecule has 5 heteroatoms. The lowest BCUT2D eigenvalue weighted by molar-refractivity contribution is 0.0325. The summed E-state index contributed by atoms with van der Waals surface area (Å²) < 4.78 is 11.6. The van der Waals surface area contributed by atoms with Crippen molar-refractivity contribution in [2.75, 3.05) is 39.4 Å². The minimum absolute atomic E-state index is 0.413. The van der Waals surface area contributed by atoms with Crippen molar-refractivity contribution < 1.29 is 9.47 Å². The average Bonchev–Trinajstić information content (AvgIpc) is 3.28. The van der Waals surface area contributed by atoms with Gasteiger partial charge in [-0.05, 0) is 55.0 Å². The molecule has 1 aromatic heterocycles. The van der Waals surface area contributed by atoms with E-state index in [0.29, 0.717) is 6.10 Å². The van der Waals surface area contributed by atoms with Gasteiger partial charge >= 0.3 is 0 Å². The third-order valence-electron chi connectivity index (χ3n) is 5.90. The number of pyridine rings is 1. The fourth-order valence-corrected chi connectivity index (χ4v) is 4.20. The van der Waals surface area contributed by atoms with Crippen molar-refractivity contribution in [2.24, 2.45) is 0 Å². The van der Waals surface area contributed by atoms with E-state index in [1.807, 2.05) is 18.5 Å². The first-order valence-corrected chi connectivity index (χ1v) is 11.0. The van der Waals surface area contributed by atoms with Crippen LogP contribution < -0.4 is 4.74 Å². The maximum absolute atomic E-state index is 6.12. The SMILES string of the molecule is c1cncc(CN(CCN2CCOCC2)Cc2ccc(OC3CCCC3)cc2)c1. The van der Waals surface area contributed by atoms with E-state index in [1.54, 1.807) is 0 Å². The molecule has 0 amide bonds. The number of hydrogen-bond donors (Lipinski definition) is 0. The van der Waals surface area contributed by atoms with Gasteiger partial charge in [-0.1, -0.05) is 18.2 Å². The summed E-state index contributed by atoms with van der Waals surface area (Å²) in [6.45, 7) is 7.74. The van der Waals surface area contributed by atoms with Crippen molar-refractivity contribution in [3.05, 3.63) is 59.9 Å². The Morgan fingerprint density at radius 3 is 2.48 bits per heavy atom. The number of hydrogen-bond acceptors (Lipinski definition) is 5. The summed E-state index contributed by atoms with van der Waals surface area (Å²) in [5.41, 5.74) is 2.59. The van der Waals surface area contributed by atoms with E-state index in [4.69, 9.17) is 9.47 Å². The second-order valence-corrected chi connectivity index (χ2v) is 8.19. The maximum atomic E-state index is 6.12. The fraction of sp³-hybridized carbons (Fsp3) is 0.542. The standard InChI is InChI=1S/C24H33N3O2/c1-2-6-23(5-1)29-24-9-7-21(8-10-24)19-27(20-22-4-3-11-25-18-22)13-12-26-14-16-28-17-15-26/h3-4,7-11,18,23H,1-2,5-6,12-17,19-20H2. The van der Waals surface area contributed by atoms with E-state index in [2.05, 4.69) is 45.1 Å². The lowest BCUT2D eigenvalue weighted by Crippen LogP contribution is -2.41. The molecule has 5 nitrogen and oxygen atoms in total. The third-order valence-corrected chi connectivity index (χ3v) is 5.90. The molecule has 2 aliphatic rings. The Balaban J connectivity index is 1.35. The van der Waals surface area contributed by atoms with Crippen molar-refractivity contribution in [1.82, 2.24) is 14.8 Å². The topological polar surface area (TPSA) is 37.8 Å². The van der Waals surface area contributed by atoms with E-state index in [9.17, 15) is 0 Å². The molecule has 2 heterocycles. The van der Waals surface area contributed by atoms with Gasteiger partial charge in [0.25, 0.3) is 0 Å². The zero-order chi connectivity index (χ0) is 19.7. The number of rotatable bonds is 9. The Morgan fingerprint density at radius 2 is 1.76 bits per heavy atom. The van der Waals surface area contributed by atoms with Crippen molar-refractivity contribution in [3.8, 4) is 5.75 Å². The molecule has 0 unspecified atom stereocenters. The molecular weight excluding hydrogens is 362 g/mol. The Morgan fingerprint density at radius 1 is 1.00 bits per heavy atom. The molecular formula is C24H33N3O2. The largest absolute Gasteiger partial charge is 0.490 e. The van der Waals surface area contributed by atoms with Crippen molar-refractivity contribution in [2.45, 2.75) is 44.9 Å². The van der Waals surface area contributed by atoms with Crippen LogP contribution in [-0.4, -0.2) is 60.3 Å². The molecule has 1 saturated heterocycles. The van der Waals surface area contributed by atoms with Gasteiger partial charge in [-0.25, -0.2) is 0 Å². The Labute approximate surface area is 174 Å². The van der Waals surface area contributed by atoms with Crippen molar-refractivity contribution in [3.63, 3.8) is 0 Å². The molecule has 156 valence electrons. The number of nitrogens with zero attached hydrogens (tertiary/aromatic N) is 3. The van der Waals surface area contributed by atoms with Crippen LogP contribution in [0.15, 0.2) is 48.8 Å². The van der Waals surface area contributed by atoms with Crippen LogP contribution in [0.2, 0.25) is 0 Å². The van der Waals surface area contributed by atoms with Crippen LogP contribution in [0.4, 0.5) is 0 Å². The minimum Gasteiger partial charge on any atom is -0.490 e. The predicted octanol–water partition coefficient (Wildman–Crippen LogP) is 3.74. The summed E-state index contributed by atoms with van der Waals surface area (Å²) in [4.78, 5) is 9.30. The van der Waals surface area contributed by atoms with Crippen LogP contribution in [0.1, 0.15) is 36.8 Å². The molecule has 1 aliphatic heterocycles. The van der Waals surface area contributed by atoms with Gasteiger partial charge in [0.15, 0.2) is 0 Å². The molecule has 2 aromatic rings. The first-order chi connectivity index (χ1) is 14.3. The van der Waals surface area contributed by atoms with E-state index in [0.717, 1.165) is 58.2 Å². The van der Waals surface area contributed by atoms with Crippen LogP contribution in [0, 0.1) is 0 Å². The van der Waals surface area contributed by atoms with Crippen LogP contribution in [0.5, 0.6) is 5.75 Å². The van der Waals surface area contributed by atoms with E-state index in [1.165, 1.54) is 36.8 Å². The van der Waals surface area contributed by atoms with Crippen LogP contribution in [0.3, 0.4) is 0 Å². The van der Waals surface area contributed by atoms with Crippen LogP contribution >= 0.6 is 0 Å². The van der Waals surface area contributed by atoms with Gasteiger partial charge in [0.1, 0.15) is 5.75 Å². The fourth-order valence-electron chi connectivity index (χ4n) is 4.20. The number of benzene rings is 1. The van der Waals surface area contributed by atoms with Crippen LogP contribution in [0.25, 0.3) is 0 Å². The van der Waals surface area contributed by atoms with Gasteiger partial charge in [0, 0.05) is 51.7 Å². The lowest BCUT2D eigenvalue weighted by Gasteiger charge is -2.30. The number of aromatic nitrogens is 1. The first kappa shape index (κ1) is 20.3. The normalized spacial score (nSPS) is 18.4. The van der Waals surface area contributed by atoms with Gasteiger partial charge in [-0.15, -0.1) is 0 Å². The van der Waals surface area contributed by atoms with Crippen molar-refractivity contribution in [1.29, 1.82) is 0 Å². The number of ether oxygens (including phenoxy) is 2. The summed E-state index contributed by atoms with van der Waals surface area (Å²) in [5, 5.41) is 0. The van der Waals surface area contributed by atoms with E-state index in [-0.39, 0.29) is 0 Å². The molecule has 0 spiro atoms. The first-order valence-electron chi connectivity index (χ1n) is 11.0. The highest BCUT2D eigenvalue weighted by atomic mass is 16.5. The number of morpholine rings is 1. The third kappa shape index (κ3) is 6.53. The van der Waals surface area contributed by atoms with Gasteiger partial charge in [0.2, 0.25) is 0 Å². The quantitative estimate of drug-likeness (QED) is 0.647. The minimum atomic E-state index is 0.413. The smallest absolute Gasteiger partial charge is 0.119 e. The monoisotopic (exact) mass is 395 g/mol. The molecule has 1 aromatic carbocycles. The van der Waals surface area contributed by atoms with Crippen molar-refractivity contribution >= 4 is 0 Å². The Bertz CT molecular complexity index is 711. The molecule has 29 heavy (non-hydrogen) atoms. The highest BCUT2D eigenvalue weighted by molar-refractivity contribution is 5.27. The molecule has 1 saturated carbocycles. The molecule has 0 radical (unpaired) electrons.